The van der Waals surface area contributed by atoms with Crippen LogP contribution >= 0.6 is 22.9 Å². The summed E-state index contributed by atoms with van der Waals surface area (Å²) in [5.74, 6) is 0. The molecule has 0 spiro atoms. The van der Waals surface area contributed by atoms with Gasteiger partial charge in [0.25, 0.3) is 0 Å². The topological polar surface area (TPSA) is 24.9 Å². The zero-order valence-corrected chi connectivity index (χ0v) is 11.5. The van der Waals surface area contributed by atoms with E-state index in [4.69, 9.17) is 11.6 Å². The number of benzene rings is 1. The molecule has 0 aliphatic carbocycles. The van der Waals surface area contributed by atoms with Gasteiger partial charge in [-0.1, -0.05) is 29.8 Å². The Morgan fingerprint density at radius 2 is 2.18 bits per heavy atom. The van der Waals surface area contributed by atoms with Crippen molar-refractivity contribution in [3.8, 4) is 0 Å². The molecule has 1 atom stereocenters. The molecule has 0 aliphatic heterocycles. The third-order valence-corrected chi connectivity index (χ3v) is 4.08. The molecule has 0 bridgehead atoms. The van der Waals surface area contributed by atoms with E-state index in [0.29, 0.717) is 0 Å². The number of halogens is 1. The lowest BCUT2D eigenvalue weighted by molar-refractivity contribution is 0.571. The minimum Gasteiger partial charge on any atom is -0.304 e. The second-order valence-corrected chi connectivity index (χ2v) is 5.32. The fourth-order valence-corrected chi connectivity index (χ4v) is 2.59. The molecule has 0 fully saturated rings. The SMILES string of the molecule is Cc1csc(C(C)NCc2ccccc2Cl)n1. The first-order valence-electron chi connectivity index (χ1n) is 5.55. The minimum absolute atomic E-state index is 0.255. The molecular weight excluding hydrogens is 252 g/mol. The van der Waals surface area contributed by atoms with Gasteiger partial charge in [-0.3, -0.25) is 0 Å². The first-order chi connectivity index (χ1) is 8.16. The number of rotatable bonds is 4. The summed E-state index contributed by atoms with van der Waals surface area (Å²) in [7, 11) is 0. The van der Waals surface area contributed by atoms with E-state index in [1.807, 2.05) is 31.2 Å². The van der Waals surface area contributed by atoms with E-state index in [1.54, 1.807) is 11.3 Å². The molecule has 1 N–H and O–H groups in total. The van der Waals surface area contributed by atoms with Gasteiger partial charge in [0.15, 0.2) is 0 Å². The third-order valence-electron chi connectivity index (χ3n) is 2.56. The Kier molecular flexibility index (Phi) is 4.15. The van der Waals surface area contributed by atoms with Gasteiger partial charge in [-0.05, 0) is 25.5 Å². The molecular formula is C13H15ClN2S. The molecule has 1 aromatic heterocycles. The summed E-state index contributed by atoms with van der Waals surface area (Å²) >= 11 is 7.80. The Hall–Kier alpha value is -0.900. The van der Waals surface area contributed by atoms with Gasteiger partial charge in [0, 0.05) is 22.6 Å². The number of hydrogen-bond donors (Lipinski definition) is 1. The van der Waals surface area contributed by atoms with Gasteiger partial charge in [-0.25, -0.2) is 4.98 Å². The highest BCUT2D eigenvalue weighted by Crippen LogP contribution is 2.19. The highest BCUT2D eigenvalue weighted by Gasteiger charge is 2.09. The van der Waals surface area contributed by atoms with Crippen molar-refractivity contribution in [1.82, 2.24) is 10.3 Å². The maximum absolute atomic E-state index is 6.10. The van der Waals surface area contributed by atoms with Crippen LogP contribution in [0.15, 0.2) is 29.6 Å². The average Bonchev–Trinajstić information content (AvgIpc) is 2.74. The highest BCUT2D eigenvalue weighted by molar-refractivity contribution is 7.09. The second-order valence-electron chi connectivity index (χ2n) is 4.02. The van der Waals surface area contributed by atoms with Crippen LogP contribution in [0.1, 0.15) is 29.2 Å². The Bertz CT molecular complexity index is 496. The Labute approximate surface area is 111 Å². The Morgan fingerprint density at radius 3 is 2.82 bits per heavy atom. The number of nitrogens with zero attached hydrogens (tertiary/aromatic N) is 1. The van der Waals surface area contributed by atoms with Crippen molar-refractivity contribution in [2.45, 2.75) is 26.4 Å². The van der Waals surface area contributed by atoms with E-state index < -0.39 is 0 Å². The van der Waals surface area contributed by atoms with Crippen LogP contribution in [0.3, 0.4) is 0 Å². The molecule has 2 aromatic rings. The molecule has 17 heavy (non-hydrogen) atoms. The van der Waals surface area contributed by atoms with Crippen molar-refractivity contribution >= 4 is 22.9 Å². The molecule has 2 rings (SSSR count). The molecule has 1 aromatic carbocycles. The van der Waals surface area contributed by atoms with Crippen molar-refractivity contribution < 1.29 is 0 Å². The van der Waals surface area contributed by atoms with Gasteiger partial charge in [0.05, 0.1) is 6.04 Å². The first-order valence-corrected chi connectivity index (χ1v) is 6.81. The van der Waals surface area contributed by atoms with Crippen LogP contribution in [-0.2, 0) is 6.54 Å². The Balaban J connectivity index is 1.97. The molecule has 0 saturated carbocycles. The predicted octanol–water partition coefficient (Wildman–Crippen LogP) is 3.96. The highest BCUT2D eigenvalue weighted by atomic mass is 35.5. The second kappa shape index (κ2) is 5.63. The van der Waals surface area contributed by atoms with Crippen LogP contribution in [0.2, 0.25) is 5.02 Å². The Morgan fingerprint density at radius 1 is 1.41 bits per heavy atom. The molecule has 2 nitrogen and oxygen atoms in total. The van der Waals surface area contributed by atoms with E-state index in [0.717, 1.165) is 27.8 Å². The van der Waals surface area contributed by atoms with Crippen LogP contribution in [0.25, 0.3) is 0 Å². The van der Waals surface area contributed by atoms with Gasteiger partial charge in [-0.2, -0.15) is 0 Å². The van der Waals surface area contributed by atoms with Crippen LogP contribution in [0, 0.1) is 6.92 Å². The fourth-order valence-electron chi connectivity index (χ4n) is 1.56. The van der Waals surface area contributed by atoms with E-state index in [1.165, 1.54) is 0 Å². The average molecular weight is 267 g/mol. The maximum Gasteiger partial charge on any atom is 0.110 e. The number of nitrogens with one attached hydrogen (secondary N) is 1. The van der Waals surface area contributed by atoms with E-state index in [-0.39, 0.29) is 6.04 Å². The van der Waals surface area contributed by atoms with Crippen molar-refractivity contribution in [1.29, 1.82) is 0 Å². The number of thiazole rings is 1. The zero-order chi connectivity index (χ0) is 12.3. The monoisotopic (exact) mass is 266 g/mol. The van der Waals surface area contributed by atoms with E-state index in [2.05, 4.69) is 22.6 Å². The largest absolute Gasteiger partial charge is 0.304 e. The van der Waals surface area contributed by atoms with Crippen molar-refractivity contribution in [3.05, 3.63) is 50.9 Å². The van der Waals surface area contributed by atoms with Crippen LogP contribution in [-0.4, -0.2) is 4.98 Å². The quantitative estimate of drug-likeness (QED) is 0.906. The van der Waals surface area contributed by atoms with Gasteiger partial charge >= 0.3 is 0 Å². The van der Waals surface area contributed by atoms with Crippen molar-refractivity contribution in [2.24, 2.45) is 0 Å². The summed E-state index contributed by atoms with van der Waals surface area (Å²) in [6.45, 7) is 4.90. The normalized spacial score (nSPS) is 12.6. The first kappa shape index (κ1) is 12.6. The predicted molar refractivity (Wildman–Crippen MR) is 73.6 cm³/mol. The molecule has 0 saturated heterocycles. The van der Waals surface area contributed by atoms with Crippen LogP contribution in [0.5, 0.6) is 0 Å². The lowest BCUT2D eigenvalue weighted by Crippen LogP contribution is -2.18. The smallest absolute Gasteiger partial charge is 0.110 e. The van der Waals surface area contributed by atoms with Crippen LogP contribution in [0.4, 0.5) is 0 Å². The summed E-state index contributed by atoms with van der Waals surface area (Å²) in [5, 5.41) is 7.43. The third kappa shape index (κ3) is 3.28. The van der Waals surface area contributed by atoms with Gasteiger partial charge in [-0.15, -0.1) is 11.3 Å². The lowest BCUT2D eigenvalue weighted by atomic mass is 10.2. The number of aromatic nitrogens is 1. The van der Waals surface area contributed by atoms with E-state index in [9.17, 15) is 0 Å². The van der Waals surface area contributed by atoms with Gasteiger partial charge < -0.3 is 5.32 Å². The summed E-state index contributed by atoms with van der Waals surface area (Å²) < 4.78 is 0. The lowest BCUT2D eigenvalue weighted by Gasteiger charge is -2.11. The van der Waals surface area contributed by atoms with Crippen molar-refractivity contribution in [2.75, 3.05) is 0 Å². The fraction of sp³-hybridized carbons (Fsp3) is 0.308. The summed E-state index contributed by atoms with van der Waals surface area (Å²) in [6, 6.07) is 8.15. The molecule has 90 valence electrons. The van der Waals surface area contributed by atoms with E-state index >= 15 is 0 Å². The molecule has 0 radical (unpaired) electrons. The van der Waals surface area contributed by atoms with Gasteiger partial charge in [0.2, 0.25) is 0 Å². The molecule has 4 heteroatoms. The van der Waals surface area contributed by atoms with Gasteiger partial charge in [0.1, 0.15) is 5.01 Å². The maximum atomic E-state index is 6.10. The number of hydrogen-bond acceptors (Lipinski definition) is 3. The standard InChI is InChI=1S/C13H15ClN2S/c1-9-8-17-13(16-9)10(2)15-7-11-5-3-4-6-12(11)14/h3-6,8,10,15H,7H2,1-2H3. The van der Waals surface area contributed by atoms with Crippen LogP contribution < -0.4 is 5.32 Å². The number of aryl methyl sites for hydroxylation is 1. The minimum atomic E-state index is 0.255. The summed E-state index contributed by atoms with van der Waals surface area (Å²) in [6.07, 6.45) is 0. The summed E-state index contributed by atoms with van der Waals surface area (Å²) in [5.41, 5.74) is 2.20. The molecule has 0 aliphatic rings. The molecule has 1 heterocycles. The summed E-state index contributed by atoms with van der Waals surface area (Å²) in [4.78, 5) is 4.47. The van der Waals surface area contributed by atoms with Crippen molar-refractivity contribution in [3.63, 3.8) is 0 Å². The molecule has 0 amide bonds. The zero-order valence-electron chi connectivity index (χ0n) is 9.90. The molecule has 1 unspecified atom stereocenters.